The van der Waals surface area contributed by atoms with Crippen LogP contribution in [0.25, 0.3) is 43.1 Å². The Morgan fingerprint density at radius 1 is 0.492 bits per heavy atom. The molecule has 0 N–H and O–H groups in total. The molecular formula is C59H67NS. The average molecular weight is 822 g/mol. The van der Waals surface area contributed by atoms with Crippen molar-refractivity contribution >= 4 is 37.9 Å². The van der Waals surface area contributed by atoms with Crippen LogP contribution in [0.1, 0.15) is 92.5 Å². The third kappa shape index (κ3) is 11.5. The highest BCUT2D eigenvalue weighted by molar-refractivity contribution is 7.19. The van der Waals surface area contributed by atoms with Gasteiger partial charge in [0.2, 0.25) is 0 Å². The molecule has 0 spiro atoms. The van der Waals surface area contributed by atoms with Crippen LogP contribution in [0, 0.1) is 33.1 Å². The van der Waals surface area contributed by atoms with Crippen LogP contribution in [0.3, 0.4) is 0 Å². The van der Waals surface area contributed by atoms with Crippen LogP contribution in [0.2, 0.25) is 0 Å². The van der Waals surface area contributed by atoms with Gasteiger partial charge in [-0.05, 0) is 114 Å². The minimum Gasteiger partial charge on any atom is -0.378 e. The van der Waals surface area contributed by atoms with E-state index in [1.807, 2.05) is 43.6 Å². The maximum Gasteiger partial charge on any atom is 0.0360 e. The van der Waals surface area contributed by atoms with Crippen molar-refractivity contribution in [2.75, 3.05) is 19.0 Å². The molecule has 0 unspecified atom stereocenters. The topological polar surface area (TPSA) is 3.24 Å². The first-order chi connectivity index (χ1) is 29.2. The van der Waals surface area contributed by atoms with Crippen molar-refractivity contribution in [2.24, 2.45) is 5.41 Å². The van der Waals surface area contributed by atoms with Crippen LogP contribution in [-0.4, -0.2) is 14.1 Å². The Morgan fingerprint density at radius 3 is 1.56 bits per heavy atom. The molecule has 7 aromatic carbocycles. The van der Waals surface area contributed by atoms with Crippen LogP contribution in [-0.2, 0) is 5.41 Å². The van der Waals surface area contributed by atoms with Crippen LogP contribution in [0.5, 0.6) is 0 Å². The van der Waals surface area contributed by atoms with Crippen molar-refractivity contribution in [2.45, 2.75) is 92.9 Å². The van der Waals surface area contributed by atoms with Crippen molar-refractivity contribution in [3.8, 4) is 22.3 Å². The Kier molecular flexibility index (Phi) is 15.1. The Morgan fingerprint density at radius 2 is 1.02 bits per heavy atom. The maximum absolute atomic E-state index is 2.38. The molecule has 1 fully saturated rings. The molecule has 8 aromatic rings. The quantitative estimate of drug-likeness (QED) is 0.168. The fraction of sp³-hybridized carbons (Fsp3) is 0.288. The summed E-state index contributed by atoms with van der Waals surface area (Å²) in [6, 6.07) is 58.1. The largest absolute Gasteiger partial charge is 0.378 e. The summed E-state index contributed by atoms with van der Waals surface area (Å²) in [5, 5.41) is 4.09. The summed E-state index contributed by atoms with van der Waals surface area (Å²) < 4.78 is 1.39. The highest BCUT2D eigenvalue weighted by atomic mass is 32.1. The van der Waals surface area contributed by atoms with Gasteiger partial charge >= 0.3 is 0 Å². The molecule has 0 bridgehead atoms. The Labute approximate surface area is 372 Å². The van der Waals surface area contributed by atoms with Crippen LogP contribution < -0.4 is 4.90 Å². The number of benzene rings is 7. The Balaban J connectivity index is 0.000000131. The predicted molar refractivity (Wildman–Crippen MR) is 272 cm³/mol. The summed E-state index contributed by atoms with van der Waals surface area (Å²) >= 11 is 1.89. The van der Waals surface area contributed by atoms with E-state index < -0.39 is 0 Å². The smallest absolute Gasteiger partial charge is 0.0360 e. The lowest BCUT2D eigenvalue weighted by Gasteiger charge is -2.28. The van der Waals surface area contributed by atoms with Gasteiger partial charge in [-0.3, -0.25) is 0 Å². The molecular weight excluding hydrogens is 755 g/mol. The maximum atomic E-state index is 2.38. The summed E-state index contributed by atoms with van der Waals surface area (Å²) in [5.74, 6) is 0. The molecule has 2 heteroatoms. The first-order valence-electron chi connectivity index (χ1n) is 22.2. The number of rotatable bonds is 2. The van der Waals surface area contributed by atoms with E-state index in [9.17, 15) is 0 Å². The summed E-state index contributed by atoms with van der Waals surface area (Å²) in [5.41, 5.74) is 14.5. The van der Waals surface area contributed by atoms with E-state index in [4.69, 9.17) is 0 Å². The number of thiophene rings is 1. The number of hydrogen-bond donors (Lipinski definition) is 0. The lowest BCUT2D eigenvalue weighted by atomic mass is 9.78. The van der Waals surface area contributed by atoms with Crippen molar-refractivity contribution in [3.05, 3.63) is 196 Å². The minimum atomic E-state index is 0.160. The van der Waals surface area contributed by atoms with Gasteiger partial charge in [0.25, 0.3) is 0 Å². The third-order valence-electron chi connectivity index (χ3n) is 12.3. The predicted octanol–water partition coefficient (Wildman–Crippen LogP) is 17.4. The zero-order valence-corrected chi connectivity index (χ0v) is 39.3. The molecule has 2 aliphatic carbocycles. The number of nitrogens with zero attached hydrogens (tertiary/aromatic N) is 1. The van der Waals surface area contributed by atoms with E-state index in [0.717, 1.165) is 0 Å². The molecule has 10 rings (SSSR count). The van der Waals surface area contributed by atoms with Gasteiger partial charge in [0, 0.05) is 45.7 Å². The lowest BCUT2D eigenvalue weighted by molar-refractivity contribution is 0.244. The zero-order valence-electron chi connectivity index (χ0n) is 38.5. The highest BCUT2D eigenvalue weighted by Crippen LogP contribution is 2.48. The molecule has 1 saturated carbocycles. The van der Waals surface area contributed by atoms with Crippen molar-refractivity contribution in [3.63, 3.8) is 0 Å². The molecule has 0 radical (unpaired) electrons. The van der Waals surface area contributed by atoms with Crippen LogP contribution in [0.4, 0.5) is 5.69 Å². The van der Waals surface area contributed by atoms with Crippen LogP contribution >= 0.6 is 11.3 Å². The molecule has 314 valence electrons. The van der Waals surface area contributed by atoms with Gasteiger partial charge in [-0.25, -0.2) is 0 Å². The number of aryl methyl sites for hydroxylation is 4. The van der Waals surface area contributed by atoms with Crippen molar-refractivity contribution in [1.29, 1.82) is 0 Å². The SMILES string of the molecule is CC1(C)CCCCC1.CC1(C)c2ccccc2-c2ccccc21.CN(C)c1ccccc1.Cc1ccc2c(-c3ccccc3)c(C)sc2c1.Cc1ccc2c(C)cccc2c1. The normalized spacial score (nSPS) is 14.0. The molecule has 0 atom stereocenters. The van der Waals surface area contributed by atoms with E-state index in [1.54, 1.807) is 0 Å². The standard InChI is InChI=1S/C16H14S.C15H14.C12H12.C8H11N.C8H16/c1-11-8-9-14-15(10-11)17-12(2)16(14)13-6-4-3-5-7-13;1-15(2)13-9-5-3-7-11(13)12-8-4-6-10-14(12)15;1-9-6-7-12-10(2)4-3-5-11(12)8-9;1-9(2)8-6-4-3-5-7-8;1-8(2)6-4-3-5-7-8/h3-10H,1-2H3;3-10H,1-2H3;3-8H,1-2H3;3-7H,1-2H3;3-7H2,1-2H3. The van der Waals surface area contributed by atoms with E-state index in [-0.39, 0.29) is 5.41 Å². The summed E-state index contributed by atoms with van der Waals surface area (Å²) in [4.78, 5) is 3.48. The molecule has 1 aromatic heterocycles. The van der Waals surface area contributed by atoms with E-state index in [0.29, 0.717) is 5.41 Å². The van der Waals surface area contributed by atoms with Gasteiger partial charge in [-0.2, -0.15) is 0 Å². The van der Waals surface area contributed by atoms with Gasteiger partial charge in [-0.1, -0.05) is 198 Å². The second kappa shape index (κ2) is 20.4. The first-order valence-corrected chi connectivity index (χ1v) is 23.0. The second-order valence-corrected chi connectivity index (χ2v) is 19.6. The fourth-order valence-electron chi connectivity index (χ4n) is 8.76. The van der Waals surface area contributed by atoms with Gasteiger partial charge in [-0.15, -0.1) is 11.3 Å². The average Bonchev–Trinajstić information content (AvgIpc) is 3.71. The van der Waals surface area contributed by atoms with Gasteiger partial charge in [0.05, 0.1) is 0 Å². The molecule has 2 aliphatic rings. The molecule has 0 saturated heterocycles. The third-order valence-corrected chi connectivity index (χ3v) is 13.4. The van der Waals surface area contributed by atoms with E-state index in [1.165, 1.54) is 114 Å². The molecule has 0 amide bonds. The number of para-hydroxylation sites is 1. The Hall–Kier alpha value is -5.44. The monoisotopic (exact) mass is 821 g/mol. The molecule has 1 heterocycles. The van der Waals surface area contributed by atoms with Gasteiger partial charge in [0.1, 0.15) is 0 Å². The number of anilines is 1. The van der Waals surface area contributed by atoms with E-state index in [2.05, 4.69) is 206 Å². The molecule has 61 heavy (non-hydrogen) atoms. The summed E-state index contributed by atoms with van der Waals surface area (Å²) in [6.07, 6.45) is 7.31. The van der Waals surface area contributed by atoms with Gasteiger partial charge in [0.15, 0.2) is 0 Å². The first kappa shape index (κ1) is 45.1. The van der Waals surface area contributed by atoms with Gasteiger partial charge < -0.3 is 4.90 Å². The second-order valence-electron chi connectivity index (χ2n) is 18.4. The molecule has 1 nitrogen and oxygen atoms in total. The van der Waals surface area contributed by atoms with Crippen molar-refractivity contribution < 1.29 is 0 Å². The summed E-state index contributed by atoms with van der Waals surface area (Å²) in [7, 11) is 4.07. The molecule has 0 aliphatic heterocycles. The van der Waals surface area contributed by atoms with Crippen molar-refractivity contribution in [1.82, 2.24) is 0 Å². The lowest BCUT2D eigenvalue weighted by Crippen LogP contribution is -2.14. The fourth-order valence-corrected chi connectivity index (χ4v) is 9.95. The number of fused-ring (bicyclic) bond motifs is 5. The Bertz CT molecular complexity index is 2570. The summed E-state index contributed by atoms with van der Waals surface area (Å²) in [6.45, 7) is 18.0. The highest BCUT2D eigenvalue weighted by Gasteiger charge is 2.34. The van der Waals surface area contributed by atoms with E-state index >= 15 is 0 Å². The number of hydrogen-bond acceptors (Lipinski definition) is 2. The zero-order chi connectivity index (χ0) is 43.6. The minimum absolute atomic E-state index is 0.160. The van der Waals surface area contributed by atoms with Crippen LogP contribution in [0.15, 0.2) is 164 Å².